The monoisotopic (exact) mass is 281 g/mol. The molecule has 1 aliphatic rings. The van der Waals surface area contributed by atoms with Crippen molar-refractivity contribution in [2.45, 2.75) is 38.2 Å². The van der Waals surface area contributed by atoms with Crippen LogP contribution in [-0.4, -0.2) is 12.3 Å². The van der Waals surface area contributed by atoms with Gasteiger partial charge < -0.3 is 4.84 Å². The average molecular weight is 282 g/mol. The van der Waals surface area contributed by atoms with Gasteiger partial charge in [0.2, 0.25) is 0 Å². The highest BCUT2D eigenvalue weighted by Gasteiger charge is 2.13. The fraction of sp³-hybridized carbons (Fsp3) is 0.462. The topological polar surface area (TPSA) is 21.6 Å². The molecule has 2 nitrogen and oxygen atoms in total. The van der Waals surface area contributed by atoms with Crippen molar-refractivity contribution in [2.75, 3.05) is 0 Å². The first-order valence-corrected chi connectivity index (χ1v) is 6.58. The van der Waals surface area contributed by atoms with E-state index < -0.39 is 0 Å². The van der Waals surface area contributed by atoms with Crippen molar-refractivity contribution in [3.05, 3.63) is 34.3 Å². The highest BCUT2D eigenvalue weighted by atomic mass is 79.9. The Labute approximate surface area is 105 Å². The maximum atomic E-state index is 5.47. The van der Waals surface area contributed by atoms with Crippen molar-refractivity contribution in [1.29, 1.82) is 0 Å². The molecule has 0 aromatic heterocycles. The van der Waals surface area contributed by atoms with Crippen LogP contribution >= 0.6 is 15.9 Å². The summed E-state index contributed by atoms with van der Waals surface area (Å²) in [5.74, 6) is 0. The van der Waals surface area contributed by atoms with Gasteiger partial charge in [0.15, 0.2) is 0 Å². The first-order chi connectivity index (χ1) is 7.84. The third-order valence-corrected chi connectivity index (χ3v) is 3.36. The number of hydrogen-bond acceptors (Lipinski definition) is 2. The molecule has 0 atom stereocenters. The molecule has 0 aliphatic heterocycles. The molecular formula is C13H16BrNO. The molecule has 0 amide bonds. The van der Waals surface area contributed by atoms with Crippen molar-refractivity contribution in [2.24, 2.45) is 5.16 Å². The van der Waals surface area contributed by atoms with Gasteiger partial charge >= 0.3 is 0 Å². The summed E-state index contributed by atoms with van der Waals surface area (Å²) in [6.07, 6.45) is 8.31. The molecule has 0 bridgehead atoms. The molecule has 1 aliphatic carbocycles. The minimum Gasteiger partial charge on any atom is -0.393 e. The quantitative estimate of drug-likeness (QED) is 0.603. The fourth-order valence-electron chi connectivity index (χ4n) is 1.90. The summed E-state index contributed by atoms with van der Waals surface area (Å²) in [6, 6.07) is 8.03. The van der Waals surface area contributed by atoms with Gasteiger partial charge in [0, 0.05) is 4.47 Å². The average Bonchev–Trinajstić information content (AvgIpc) is 2.33. The smallest absolute Gasteiger partial charge is 0.127 e. The van der Waals surface area contributed by atoms with E-state index in [2.05, 4.69) is 21.1 Å². The Morgan fingerprint density at radius 1 is 1.12 bits per heavy atom. The minimum atomic E-state index is 0.334. The highest BCUT2D eigenvalue weighted by Crippen LogP contribution is 2.20. The van der Waals surface area contributed by atoms with Crippen LogP contribution in [0.2, 0.25) is 0 Å². The Balaban J connectivity index is 1.82. The van der Waals surface area contributed by atoms with Crippen molar-refractivity contribution < 1.29 is 4.84 Å². The molecule has 1 aromatic carbocycles. The Morgan fingerprint density at radius 2 is 1.81 bits per heavy atom. The molecular weight excluding hydrogens is 266 g/mol. The van der Waals surface area contributed by atoms with E-state index in [0.717, 1.165) is 22.9 Å². The Hall–Kier alpha value is -0.830. The van der Waals surface area contributed by atoms with Gasteiger partial charge in [0.1, 0.15) is 6.10 Å². The number of nitrogens with zero attached hydrogens (tertiary/aromatic N) is 1. The maximum Gasteiger partial charge on any atom is 0.127 e. The van der Waals surface area contributed by atoms with Gasteiger partial charge in [0.25, 0.3) is 0 Å². The lowest BCUT2D eigenvalue weighted by Crippen LogP contribution is -2.13. The van der Waals surface area contributed by atoms with Crippen molar-refractivity contribution in [3.63, 3.8) is 0 Å². The predicted octanol–water partition coefficient (Wildman–Crippen LogP) is 4.13. The van der Waals surface area contributed by atoms with Gasteiger partial charge in [0.05, 0.1) is 6.21 Å². The fourth-order valence-corrected chi connectivity index (χ4v) is 2.16. The first kappa shape index (κ1) is 11.6. The molecule has 0 heterocycles. The predicted molar refractivity (Wildman–Crippen MR) is 69.7 cm³/mol. The number of hydrogen-bond donors (Lipinski definition) is 0. The molecule has 0 saturated heterocycles. The zero-order valence-electron chi connectivity index (χ0n) is 9.23. The lowest BCUT2D eigenvalue weighted by Gasteiger charge is -2.18. The summed E-state index contributed by atoms with van der Waals surface area (Å²) in [5, 5.41) is 4.05. The van der Waals surface area contributed by atoms with Crippen molar-refractivity contribution in [1.82, 2.24) is 0 Å². The molecule has 2 rings (SSSR count). The van der Waals surface area contributed by atoms with E-state index in [1.165, 1.54) is 19.3 Å². The second-order valence-electron chi connectivity index (χ2n) is 4.15. The van der Waals surface area contributed by atoms with E-state index in [9.17, 15) is 0 Å². The van der Waals surface area contributed by atoms with Crippen LogP contribution in [0, 0.1) is 0 Å². The highest BCUT2D eigenvalue weighted by molar-refractivity contribution is 9.10. The van der Waals surface area contributed by atoms with Crippen LogP contribution in [0.3, 0.4) is 0 Å². The van der Waals surface area contributed by atoms with E-state index in [1.807, 2.05) is 24.3 Å². The normalized spacial score (nSPS) is 17.8. The van der Waals surface area contributed by atoms with Crippen molar-refractivity contribution >= 4 is 22.1 Å². The summed E-state index contributed by atoms with van der Waals surface area (Å²) in [4.78, 5) is 5.47. The zero-order chi connectivity index (χ0) is 11.2. The summed E-state index contributed by atoms with van der Waals surface area (Å²) in [6.45, 7) is 0. The van der Waals surface area contributed by atoms with E-state index in [4.69, 9.17) is 4.84 Å². The van der Waals surface area contributed by atoms with Crippen LogP contribution in [0.15, 0.2) is 33.9 Å². The van der Waals surface area contributed by atoms with E-state index in [-0.39, 0.29) is 0 Å². The van der Waals surface area contributed by atoms with Crippen molar-refractivity contribution in [3.8, 4) is 0 Å². The largest absolute Gasteiger partial charge is 0.393 e. The molecule has 0 N–H and O–H groups in total. The van der Waals surface area contributed by atoms with Gasteiger partial charge in [-0.25, -0.2) is 0 Å². The van der Waals surface area contributed by atoms with Crippen LogP contribution in [-0.2, 0) is 4.84 Å². The SMILES string of the molecule is Brc1ccc(C=NOC2CCCCC2)cc1. The molecule has 1 fully saturated rings. The summed E-state index contributed by atoms with van der Waals surface area (Å²) >= 11 is 3.40. The van der Waals surface area contributed by atoms with E-state index in [0.29, 0.717) is 6.10 Å². The molecule has 1 aromatic rings. The van der Waals surface area contributed by atoms with E-state index >= 15 is 0 Å². The van der Waals surface area contributed by atoms with Crippen LogP contribution in [0.5, 0.6) is 0 Å². The van der Waals surface area contributed by atoms with Crippen LogP contribution in [0.1, 0.15) is 37.7 Å². The van der Waals surface area contributed by atoms with Gasteiger partial charge in [-0.2, -0.15) is 0 Å². The lowest BCUT2D eigenvalue weighted by atomic mass is 9.98. The van der Waals surface area contributed by atoms with Crippen LogP contribution in [0.4, 0.5) is 0 Å². The van der Waals surface area contributed by atoms with Gasteiger partial charge in [-0.3, -0.25) is 0 Å². The minimum absolute atomic E-state index is 0.334. The molecule has 1 saturated carbocycles. The Bertz CT molecular complexity index is 341. The maximum absolute atomic E-state index is 5.47. The standard InChI is InChI=1S/C13H16BrNO/c14-12-8-6-11(7-9-12)10-15-16-13-4-2-1-3-5-13/h6-10,13H,1-5H2. The second kappa shape index (κ2) is 6.04. The van der Waals surface area contributed by atoms with Gasteiger partial charge in [-0.05, 0) is 43.4 Å². The number of benzene rings is 1. The van der Waals surface area contributed by atoms with Gasteiger partial charge in [-0.1, -0.05) is 39.6 Å². The number of rotatable bonds is 3. The molecule has 86 valence electrons. The molecule has 3 heteroatoms. The third kappa shape index (κ3) is 3.63. The second-order valence-corrected chi connectivity index (χ2v) is 5.07. The Kier molecular flexibility index (Phi) is 4.40. The summed E-state index contributed by atoms with van der Waals surface area (Å²) in [5.41, 5.74) is 1.07. The first-order valence-electron chi connectivity index (χ1n) is 5.79. The van der Waals surface area contributed by atoms with Gasteiger partial charge in [-0.15, -0.1) is 0 Å². The Morgan fingerprint density at radius 3 is 2.50 bits per heavy atom. The number of halogens is 1. The summed E-state index contributed by atoms with van der Waals surface area (Å²) < 4.78 is 1.08. The molecule has 0 spiro atoms. The zero-order valence-corrected chi connectivity index (χ0v) is 10.8. The molecule has 0 radical (unpaired) electrons. The van der Waals surface area contributed by atoms with Crippen LogP contribution < -0.4 is 0 Å². The van der Waals surface area contributed by atoms with E-state index in [1.54, 1.807) is 6.21 Å². The molecule has 0 unspecified atom stereocenters. The third-order valence-electron chi connectivity index (χ3n) is 2.83. The summed E-state index contributed by atoms with van der Waals surface area (Å²) in [7, 11) is 0. The molecule has 16 heavy (non-hydrogen) atoms. The lowest BCUT2D eigenvalue weighted by molar-refractivity contribution is 0.0340. The number of oxime groups is 1. The van der Waals surface area contributed by atoms with Crippen LogP contribution in [0.25, 0.3) is 0 Å².